The molecule has 1 N–H and O–H groups in total. The van der Waals surface area contributed by atoms with E-state index in [1.165, 1.54) is 0 Å². The number of rotatable bonds is 4. The van der Waals surface area contributed by atoms with Crippen LogP contribution in [0.25, 0.3) is 0 Å². The molecule has 2 aromatic rings. The van der Waals surface area contributed by atoms with Gasteiger partial charge in [-0.25, -0.2) is 0 Å². The van der Waals surface area contributed by atoms with Gasteiger partial charge in [-0.1, -0.05) is 23.4 Å². The van der Waals surface area contributed by atoms with Crippen LogP contribution < -0.4 is 10.1 Å². The monoisotopic (exact) mass is 273 g/mol. The Morgan fingerprint density at radius 1 is 1.30 bits per heavy atom. The van der Waals surface area contributed by atoms with Crippen molar-refractivity contribution in [3.63, 3.8) is 0 Å². The predicted molar refractivity (Wildman–Crippen MR) is 74.9 cm³/mol. The lowest BCUT2D eigenvalue weighted by Crippen LogP contribution is -2.26. The first-order valence-electron chi connectivity index (χ1n) is 7.02. The van der Waals surface area contributed by atoms with Crippen LogP contribution >= 0.6 is 0 Å². The van der Waals surface area contributed by atoms with Gasteiger partial charge in [-0.2, -0.15) is 4.98 Å². The first-order chi connectivity index (χ1) is 9.86. The topological polar surface area (TPSA) is 60.2 Å². The van der Waals surface area contributed by atoms with E-state index in [1.807, 2.05) is 24.3 Å². The lowest BCUT2D eigenvalue weighted by Gasteiger charge is -2.18. The molecular formula is C15H19N3O2. The van der Waals surface area contributed by atoms with Crippen LogP contribution in [0.2, 0.25) is 0 Å². The molecule has 0 spiro atoms. The first-order valence-corrected chi connectivity index (χ1v) is 7.02. The molecule has 1 fully saturated rings. The van der Waals surface area contributed by atoms with Crippen molar-refractivity contribution in [2.45, 2.75) is 25.2 Å². The van der Waals surface area contributed by atoms with Crippen LogP contribution in [0.5, 0.6) is 5.75 Å². The van der Waals surface area contributed by atoms with Crippen molar-refractivity contribution in [3.8, 4) is 5.75 Å². The fraction of sp³-hybridized carbons (Fsp3) is 0.467. The average molecular weight is 273 g/mol. The van der Waals surface area contributed by atoms with E-state index in [4.69, 9.17) is 9.26 Å². The van der Waals surface area contributed by atoms with Gasteiger partial charge in [-0.15, -0.1) is 0 Å². The summed E-state index contributed by atoms with van der Waals surface area (Å²) in [4.78, 5) is 4.54. The molecule has 3 rings (SSSR count). The zero-order chi connectivity index (χ0) is 13.8. The largest absolute Gasteiger partial charge is 0.496 e. The maximum absolute atomic E-state index is 5.42. The van der Waals surface area contributed by atoms with Crippen LogP contribution in [-0.2, 0) is 6.42 Å². The van der Waals surface area contributed by atoms with Crippen LogP contribution in [0, 0.1) is 0 Å². The number of nitrogens with zero attached hydrogens (tertiary/aromatic N) is 2. The highest BCUT2D eigenvalue weighted by molar-refractivity contribution is 5.35. The van der Waals surface area contributed by atoms with Crippen molar-refractivity contribution >= 4 is 0 Å². The number of ether oxygens (including phenoxy) is 1. The standard InChI is InChI=1S/C15H19N3O2/c1-19-13-5-3-2-4-12(13)10-14-17-15(20-18-14)11-6-8-16-9-7-11/h2-5,11,16H,6-10H2,1H3. The van der Waals surface area contributed by atoms with Gasteiger partial charge in [0, 0.05) is 17.9 Å². The predicted octanol–water partition coefficient (Wildman–Crippen LogP) is 2.14. The molecule has 2 heterocycles. The Morgan fingerprint density at radius 3 is 2.90 bits per heavy atom. The van der Waals surface area contributed by atoms with Gasteiger partial charge in [0.25, 0.3) is 0 Å². The molecule has 1 saturated heterocycles. The number of para-hydroxylation sites is 1. The van der Waals surface area contributed by atoms with Crippen molar-refractivity contribution in [2.75, 3.05) is 20.2 Å². The number of aromatic nitrogens is 2. The lowest BCUT2D eigenvalue weighted by molar-refractivity contribution is 0.318. The summed E-state index contributed by atoms with van der Waals surface area (Å²) in [6.07, 6.45) is 2.77. The Hall–Kier alpha value is -1.88. The minimum Gasteiger partial charge on any atom is -0.496 e. The molecule has 5 nitrogen and oxygen atoms in total. The second-order valence-corrected chi connectivity index (χ2v) is 5.06. The molecule has 0 unspecified atom stereocenters. The first kappa shape index (κ1) is 13.1. The minimum atomic E-state index is 0.398. The third-order valence-corrected chi connectivity index (χ3v) is 3.71. The molecule has 0 saturated carbocycles. The maximum Gasteiger partial charge on any atom is 0.229 e. The van der Waals surface area contributed by atoms with Crippen molar-refractivity contribution in [1.82, 2.24) is 15.5 Å². The SMILES string of the molecule is COc1ccccc1Cc1noc(C2CCNCC2)n1. The quantitative estimate of drug-likeness (QED) is 0.924. The second-order valence-electron chi connectivity index (χ2n) is 5.06. The molecule has 0 amide bonds. The summed E-state index contributed by atoms with van der Waals surface area (Å²) in [7, 11) is 1.68. The summed E-state index contributed by atoms with van der Waals surface area (Å²) < 4.78 is 10.8. The van der Waals surface area contributed by atoms with Crippen molar-refractivity contribution in [1.29, 1.82) is 0 Å². The molecule has 0 atom stereocenters. The summed E-state index contributed by atoms with van der Waals surface area (Å²) in [6, 6.07) is 7.92. The summed E-state index contributed by atoms with van der Waals surface area (Å²) in [6.45, 7) is 2.05. The molecule has 5 heteroatoms. The van der Waals surface area contributed by atoms with Crippen molar-refractivity contribution in [3.05, 3.63) is 41.5 Å². The highest BCUT2D eigenvalue weighted by Crippen LogP contribution is 2.25. The molecule has 0 bridgehead atoms. The molecule has 1 aromatic carbocycles. The molecule has 0 radical (unpaired) electrons. The Labute approximate surface area is 118 Å². The number of hydrogen-bond acceptors (Lipinski definition) is 5. The number of hydrogen-bond donors (Lipinski definition) is 1. The van der Waals surface area contributed by atoms with Crippen LogP contribution in [0.4, 0.5) is 0 Å². The van der Waals surface area contributed by atoms with E-state index in [0.29, 0.717) is 12.3 Å². The zero-order valence-corrected chi connectivity index (χ0v) is 11.6. The van der Waals surface area contributed by atoms with E-state index in [9.17, 15) is 0 Å². The molecule has 0 aliphatic carbocycles. The number of benzene rings is 1. The molecular weight excluding hydrogens is 254 g/mol. The third-order valence-electron chi connectivity index (χ3n) is 3.71. The van der Waals surface area contributed by atoms with Crippen LogP contribution in [0.15, 0.2) is 28.8 Å². The Bertz CT molecular complexity index is 562. The van der Waals surface area contributed by atoms with Crippen molar-refractivity contribution < 1.29 is 9.26 Å². The molecule has 20 heavy (non-hydrogen) atoms. The molecule has 1 aliphatic heterocycles. The number of piperidine rings is 1. The fourth-order valence-electron chi connectivity index (χ4n) is 2.59. The van der Waals surface area contributed by atoms with Crippen molar-refractivity contribution in [2.24, 2.45) is 0 Å². The number of nitrogens with one attached hydrogen (secondary N) is 1. The van der Waals surface area contributed by atoms with Gasteiger partial charge in [0.15, 0.2) is 5.82 Å². The zero-order valence-electron chi connectivity index (χ0n) is 11.6. The Balaban J connectivity index is 1.73. The minimum absolute atomic E-state index is 0.398. The molecule has 1 aromatic heterocycles. The smallest absolute Gasteiger partial charge is 0.229 e. The second kappa shape index (κ2) is 6.05. The number of methoxy groups -OCH3 is 1. The van der Waals surface area contributed by atoms with Crippen LogP contribution in [-0.4, -0.2) is 30.3 Å². The Kier molecular flexibility index (Phi) is 3.97. The maximum atomic E-state index is 5.42. The van der Waals surface area contributed by atoms with Gasteiger partial charge >= 0.3 is 0 Å². The van der Waals surface area contributed by atoms with Gasteiger partial charge in [0.1, 0.15) is 5.75 Å². The van der Waals surface area contributed by atoms with E-state index >= 15 is 0 Å². The lowest BCUT2D eigenvalue weighted by atomic mass is 9.98. The van der Waals surface area contributed by atoms with Gasteiger partial charge in [0.2, 0.25) is 5.89 Å². The molecule has 1 aliphatic rings. The van der Waals surface area contributed by atoms with Gasteiger partial charge in [0.05, 0.1) is 7.11 Å². The van der Waals surface area contributed by atoms with E-state index < -0.39 is 0 Å². The van der Waals surface area contributed by atoms with E-state index in [1.54, 1.807) is 7.11 Å². The fourth-order valence-corrected chi connectivity index (χ4v) is 2.59. The van der Waals surface area contributed by atoms with E-state index in [0.717, 1.165) is 49.0 Å². The normalized spacial score (nSPS) is 16.2. The molecule has 106 valence electrons. The van der Waals surface area contributed by atoms with Crippen LogP contribution in [0.1, 0.15) is 36.0 Å². The Morgan fingerprint density at radius 2 is 2.10 bits per heavy atom. The average Bonchev–Trinajstić information content (AvgIpc) is 2.97. The van der Waals surface area contributed by atoms with Gasteiger partial charge in [-0.05, 0) is 32.0 Å². The van der Waals surface area contributed by atoms with Gasteiger partial charge < -0.3 is 14.6 Å². The van der Waals surface area contributed by atoms with Gasteiger partial charge in [-0.3, -0.25) is 0 Å². The third kappa shape index (κ3) is 2.82. The highest BCUT2D eigenvalue weighted by atomic mass is 16.5. The van der Waals surface area contributed by atoms with E-state index in [2.05, 4.69) is 15.5 Å². The summed E-state index contributed by atoms with van der Waals surface area (Å²) in [5.41, 5.74) is 1.08. The highest BCUT2D eigenvalue weighted by Gasteiger charge is 2.21. The summed E-state index contributed by atoms with van der Waals surface area (Å²) >= 11 is 0. The van der Waals surface area contributed by atoms with Crippen LogP contribution in [0.3, 0.4) is 0 Å². The summed E-state index contributed by atoms with van der Waals surface area (Å²) in [5.74, 6) is 2.76. The van der Waals surface area contributed by atoms with E-state index in [-0.39, 0.29) is 0 Å². The summed E-state index contributed by atoms with van der Waals surface area (Å²) in [5, 5.41) is 7.44.